The number of carbonyl (C=O) groups excluding carboxylic acids is 1. The molecule has 0 N–H and O–H groups in total. The normalized spacial score (nSPS) is 21.2. The molecule has 0 radical (unpaired) electrons. The van der Waals surface area contributed by atoms with Crippen LogP contribution < -0.4 is 4.90 Å². The van der Waals surface area contributed by atoms with E-state index in [1.807, 2.05) is 0 Å². The molecular formula is C10H13N3O. The molecule has 1 fully saturated rings. The summed E-state index contributed by atoms with van der Waals surface area (Å²) in [5.74, 6) is 0.876. The lowest BCUT2D eigenvalue weighted by Gasteiger charge is -2.21. The highest BCUT2D eigenvalue weighted by molar-refractivity contribution is 5.71. The van der Waals surface area contributed by atoms with Crippen LogP contribution in [0.15, 0.2) is 12.4 Å². The molecule has 1 atom stereocenters. The molecule has 1 aliphatic heterocycles. The summed E-state index contributed by atoms with van der Waals surface area (Å²) in [5, 5.41) is 0. The number of nitrogens with zero attached hydrogens (tertiary/aromatic N) is 3. The minimum Gasteiger partial charge on any atom is -0.353 e. The van der Waals surface area contributed by atoms with Crippen molar-refractivity contribution in [2.24, 2.45) is 0 Å². The Balaban J connectivity index is 2.19. The lowest BCUT2D eigenvalue weighted by Crippen LogP contribution is -2.27. The van der Waals surface area contributed by atoms with Crippen molar-refractivity contribution in [3.63, 3.8) is 0 Å². The minimum absolute atomic E-state index is 0.389. The number of anilines is 1. The van der Waals surface area contributed by atoms with Crippen LogP contribution in [0, 0.1) is 0 Å². The van der Waals surface area contributed by atoms with Gasteiger partial charge in [0.25, 0.3) is 0 Å². The van der Waals surface area contributed by atoms with Gasteiger partial charge in [-0.1, -0.05) is 0 Å². The van der Waals surface area contributed by atoms with E-state index in [1.54, 1.807) is 6.20 Å². The SMILES string of the molecule is CC1CCCN1c1cnc(C=O)cn1. The summed E-state index contributed by atoms with van der Waals surface area (Å²) in [6.07, 6.45) is 6.32. The molecule has 0 saturated carbocycles. The molecule has 2 heterocycles. The fourth-order valence-electron chi connectivity index (χ4n) is 1.81. The van der Waals surface area contributed by atoms with Crippen molar-refractivity contribution in [1.29, 1.82) is 0 Å². The Labute approximate surface area is 83.0 Å². The van der Waals surface area contributed by atoms with Crippen LogP contribution in [0.2, 0.25) is 0 Å². The van der Waals surface area contributed by atoms with E-state index < -0.39 is 0 Å². The predicted octanol–water partition coefficient (Wildman–Crippen LogP) is 1.28. The molecule has 74 valence electrons. The van der Waals surface area contributed by atoms with E-state index in [-0.39, 0.29) is 0 Å². The quantitative estimate of drug-likeness (QED) is 0.660. The second-order valence-electron chi connectivity index (χ2n) is 3.60. The zero-order valence-electron chi connectivity index (χ0n) is 8.18. The number of aromatic nitrogens is 2. The molecule has 1 unspecified atom stereocenters. The van der Waals surface area contributed by atoms with E-state index in [0.29, 0.717) is 18.0 Å². The van der Waals surface area contributed by atoms with E-state index >= 15 is 0 Å². The summed E-state index contributed by atoms with van der Waals surface area (Å²) < 4.78 is 0. The molecule has 0 amide bonds. The fraction of sp³-hybridized carbons (Fsp3) is 0.500. The average molecular weight is 191 g/mol. The first-order chi connectivity index (χ1) is 6.81. The van der Waals surface area contributed by atoms with Gasteiger partial charge in [0, 0.05) is 12.6 Å². The second kappa shape index (κ2) is 3.74. The van der Waals surface area contributed by atoms with Gasteiger partial charge in [0.05, 0.1) is 12.4 Å². The second-order valence-corrected chi connectivity index (χ2v) is 3.60. The molecule has 0 aliphatic carbocycles. The summed E-state index contributed by atoms with van der Waals surface area (Å²) in [6.45, 7) is 3.22. The Morgan fingerprint density at radius 1 is 1.50 bits per heavy atom. The smallest absolute Gasteiger partial charge is 0.170 e. The molecule has 1 aliphatic rings. The molecule has 2 rings (SSSR count). The van der Waals surface area contributed by atoms with E-state index in [1.165, 1.54) is 19.0 Å². The maximum atomic E-state index is 10.4. The molecule has 0 bridgehead atoms. The molecule has 1 aromatic heterocycles. The summed E-state index contributed by atoms with van der Waals surface area (Å²) in [6, 6.07) is 0.534. The third kappa shape index (κ3) is 1.60. The van der Waals surface area contributed by atoms with Crippen LogP contribution in [0.4, 0.5) is 5.82 Å². The summed E-state index contributed by atoms with van der Waals surface area (Å²) in [4.78, 5) is 20.8. The van der Waals surface area contributed by atoms with Gasteiger partial charge in [-0.2, -0.15) is 0 Å². The first-order valence-electron chi connectivity index (χ1n) is 4.85. The highest BCUT2D eigenvalue weighted by atomic mass is 16.1. The molecule has 4 heteroatoms. The van der Waals surface area contributed by atoms with Crippen LogP contribution in [0.1, 0.15) is 30.3 Å². The van der Waals surface area contributed by atoms with Gasteiger partial charge in [-0.05, 0) is 19.8 Å². The first-order valence-corrected chi connectivity index (χ1v) is 4.85. The van der Waals surface area contributed by atoms with Crippen molar-refractivity contribution in [2.75, 3.05) is 11.4 Å². The molecule has 14 heavy (non-hydrogen) atoms. The molecule has 1 aromatic rings. The number of carbonyl (C=O) groups is 1. The van der Waals surface area contributed by atoms with E-state index in [9.17, 15) is 4.79 Å². The van der Waals surface area contributed by atoms with Crippen molar-refractivity contribution in [2.45, 2.75) is 25.8 Å². The van der Waals surface area contributed by atoms with Crippen molar-refractivity contribution >= 4 is 12.1 Å². The van der Waals surface area contributed by atoms with Crippen molar-refractivity contribution in [1.82, 2.24) is 9.97 Å². The van der Waals surface area contributed by atoms with Crippen LogP contribution in [0.25, 0.3) is 0 Å². The van der Waals surface area contributed by atoms with Gasteiger partial charge in [-0.3, -0.25) is 4.79 Å². The topological polar surface area (TPSA) is 46.1 Å². The molecule has 0 spiro atoms. The maximum Gasteiger partial charge on any atom is 0.170 e. The lowest BCUT2D eigenvalue weighted by molar-refractivity contribution is 0.111. The zero-order valence-corrected chi connectivity index (χ0v) is 8.18. The summed E-state index contributed by atoms with van der Waals surface area (Å²) in [7, 11) is 0. The van der Waals surface area contributed by atoms with Crippen molar-refractivity contribution in [3.8, 4) is 0 Å². The number of hydrogen-bond donors (Lipinski definition) is 0. The molecule has 4 nitrogen and oxygen atoms in total. The monoisotopic (exact) mass is 191 g/mol. The zero-order chi connectivity index (χ0) is 9.97. The predicted molar refractivity (Wildman–Crippen MR) is 53.5 cm³/mol. The van der Waals surface area contributed by atoms with Crippen molar-refractivity contribution < 1.29 is 4.79 Å². The Kier molecular flexibility index (Phi) is 2.43. The van der Waals surface area contributed by atoms with Crippen LogP contribution in [-0.2, 0) is 0 Å². The van der Waals surface area contributed by atoms with Gasteiger partial charge in [0.1, 0.15) is 11.5 Å². The largest absolute Gasteiger partial charge is 0.353 e. The van der Waals surface area contributed by atoms with E-state index in [4.69, 9.17) is 0 Å². The van der Waals surface area contributed by atoms with Crippen molar-refractivity contribution in [3.05, 3.63) is 18.1 Å². The Bertz CT molecular complexity index is 323. The third-order valence-electron chi connectivity index (χ3n) is 2.63. The highest BCUT2D eigenvalue weighted by Gasteiger charge is 2.21. The standard InChI is InChI=1S/C10H13N3O/c1-8-3-2-4-13(8)10-6-11-9(7-14)5-12-10/h5-8H,2-4H2,1H3. The Morgan fingerprint density at radius 2 is 2.36 bits per heavy atom. The van der Waals surface area contributed by atoms with Crippen LogP contribution >= 0.6 is 0 Å². The Morgan fingerprint density at radius 3 is 2.86 bits per heavy atom. The fourth-order valence-corrected chi connectivity index (χ4v) is 1.81. The lowest BCUT2D eigenvalue weighted by atomic mass is 10.2. The first kappa shape index (κ1) is 9.12. The number of aldehydes is 1. The van der Waals surface area contributed by atoms with Gasteiger partial charge < -0.3 is 4.90 Å². The molecule has 1 saturated heterocycles. The van der Waals surface area contributed by atoms with E-state index in [0.717, 1.165) is 12.4 Å². The van der Waals surface area contributed by atoms with Gasteiger partial charge in [-0.25, -0.2) is 9.97 Å². The average Bonchev–Trinajstić information content (AvgIpc) is 2.65. The summed E-state index contributed by atoms with van der Waals surface area (Å²) in [5.41, 5.74) is 0.389. The third-order valence-corrected chi connectivity index (χ3v) is 2.63. The Hall–Kier alpha value is -1.45. The maximum absolute atomic E-state index is 10.4. The van der Waals surface area contributed by atoms with E-state index in [2.05, 4.69) is 21.8 Å². The van der Waals surface area contributed by atoms with Crippen LogP contribution in [0.5, 0.6) is 0 Å². The van der Waals surface area contributed by atoms with Gasteiger partial charge in [0.15, 0.2) is 6.29 Å². The van der Waals surface area contributed by atoms with Gasteiger partial charge in [0.2, 0.25) is 0 Å². The van der Waals surface area contributed by atoms with Gasteiger partial charge >= 0.3 is 0 Å². The molecular weight excluding hydrogens is 178 g/mol. The number of rotatable bonds is 2. The highest BCUT2D eigenvalue weighted by Crippen LogP contribution is 2.22. The van der Waals surface area contributed by atoms with Crippen LogP contribution in [-0.4, -0.2) is 28.8 Å². The minimum atomic E-state index is 0.389. The molecule has 0 aromatic carbocycles. The van der Waals surface area contributed by atoms with Crippen LogP contribution in [0.3, 0.4) is 0 Å². The van der Waals surface area contributed by atoms with Gasteiger partial charge in [-0.15, -0.1) is 0 Å². The summed E-state index contributed by atoms with van der Waals surface area (Å²) >= 11 is 0. The number of hydrogen-bond acceptors (Lipinski definition) is 4.